The highest BCUT2D eigenvalue weighted by Gasteiger charge is 2.21. The maximum absolute atomic E-state index is 4.39. The second-order valence-electron chi connectivity index (χ2n) is 3.96. The highest BCUT2D eigenvalue weighted by Crippen LogP contribution is 2.23. The molecule has 19 heavy (non-hydrogen) atoms. The summed E-state index contributed by atoms with van der Waals surface area (Å²) in [4.78, 5) is 0. The Morgan fingerprint density at radius 1 is 1.16 bits per heavy atom. The van der Waals surface area contributed by atoms with Crippen LogP contribution in [0.4, 0.5) is 0 Å². The molecule has 0 amide bonds. The molecule has 1 aliphatic rings. The van der Waals surface area contributed by atoms with E-state index in [4.69, 9.17) is 0 Å². The molecule has 0 saturated carbocycles. The second-order valence-corrected chi connectivity index (χ2v) is 5.62. The van der Waals surface area contributed by atoms with Crippen LogP contribution in [0.5, 0.6) is 0 Å². The maximum Gasteiger partial charge on any atom is 0.177 e. The Morgan fingerprint density at radius 2 is 1.89 bits per heavy atom. The number of hydrogen-bond donors (Lipinski definition) is 2. The standard InChI is InChI=1S/C11H10Br2N6/c1-18-11(15-16-17-18)9-6-14-19(10(9)13)8-4-2-7(12)3-5-8/h2-6,16-17H,1H3. The second kappa shape index (κ2) is 4.95. The Labute approximate surface area is 126 Å². The molecule has 0 atom stereocenters. The van der Waals surface area contributed by atoms with Crippen LogP contribution in [0.15, 0.2) is 44.6 Å². The number of hydrazone groups is 1. The first-order chi connectivity index (χ1) is 9.16. The van der Waals surface area contributed by atoms with Gasteiger partial charge in [0.1, 0.15) is 4.60 Å². The summed E-state index contributed by atoms with van der Waals surface area (Å²) in [6.07, 6.45) is 1.77. The first kappa shape index (κ1) is 12.6. The molecule has 1 aromatic carbocycles. The zero-order chi connectivity index (χ0) is 13.4. The van der Waals surface area contributed by atoms with Gasteiger partial charge < -0.3 is 0 Å². The predicted molar refractivity (Wildman–Crippen MR) is 79.5 cm³/mol. The third kappa shape index (κ3) is 2.26. The molecule has 0 spiro atoms. The lowest BCUT2D eigenvalue weighted by molar-refractivity contribution is 0.349. The summed E-state index contributed by atoms with van der Waals surface area (Å²) in [5, 5.41) is 10.3. The van der Waals surface area contributed by atoms with Crippen LogP contribution < -0.4 is 11.1 Å². The van der Waals surface area contributed by atoms with E-state index >= 15 is 0 Å². The molecule has 6 nitrogen and oxygen atoms in total. The van der Waals surface area contributed by atoms with Crippen LogP contribution in [-0.2, 0) is 0 Å². The Bertz CT molecular complexity index is 633. The summed E-state index contributed by atoms with van der Waals surface area (Å²) >= 11 is 6.99. The summed E-state index contributed by atoms with van der Waals surface area (Å²) < 4.78 is 3.70. The molecule has 1 aliphatic heterocycles. The smallest absolute Gasteiger partial charge is 0.177 e. The number of hydrogen-bond acceptors (Lipinski definition) is 5. The van der Waals surface area contributed by atoms with Crippen molar-refractivity contribution in [2.75, 3.05) is 7.05 Å². The molecule has 0 aliphatic carbocycles. The minimum absolute atomic E-state index is 0.773. The van der Waals surface area contributed by atoms with Gasteiger partial charge >= 0.3 is 0 Å². The molecule has 1 aromatic heterocycles. The van der Waals surface area contributed by atoms with E-state index in [-0.39, 0.29) is 0 Å². The number of rotatable bonds is 2. The first-order valence-corrected chi connectivity index (χ1v) is 7.07. The number of hydrazine groups is 2. The molecule has 3 rings (SSSR count). The predicted octanol–water partition coefficient (Wildman–Crippen LogP) is 2.01. The Kier molecular flexibility index (Phi) is 3.29. The van der Waals surface area contributed by atoms with Crippen LogP contribution in [0.3, 0.4) is 0 Å². The van der Waals surface area contributed by atoms with Crippen molar-refractivity contribution in [3.8, 4) is 5.69 Å². The molecule has 2 N–H and O–H groups in total. The summed E-state index contributed by atoms with van der Waals surface area (Å²) in [5.74, 6) is 0.773. The SMILES string of the molecule is CN1NNN=C1c1cnn(-c2ccc(Br)cc2)c1Br. The van der Waals surface area contributed by atoms with Gasteiger partial charge in [0.05, 0.1) is 17.4 Å². The molecule has 2 heterocycles. The fraction of sp³-hybridized carbons (Fsp3) is 0.0909. The normalized spacial score (nSPS) is 14.5. The van der Waals surface area contributed by atoms with E-state index in [1.807, 2.05) is 36.0 Å². The molecule has 0 unspecified atom stereocenters. The summed E-state index contributed by atoms with van der Waals surface area (Å²) in [5.41, 5.74) is 7.45. The minimum atomic E-state index is 0.773. The van der Waals surface area contributed by atoms with Crippen LogP contribution in [0.1, 0.15) is 5.56 Å². The lowest BCUT2D eigenvalue weighted by atomic mass is 10.3. The average Bonchev–Trinajstić information content (AvgIpc) is 2.97. The van der Waals surface area contributed by atoms with E-state index < -0.39 is 0 Å². The molecular formula is C11H10Br2N6. The maximum atomic E-state index is 4.39. The summed E-state index contributed by atoms with van der Waals surface area (Å²) in [7, 11) is 1.88. The number of nitrogens with zero attached hydrogens (tertiary/aromatic N) is 4. The topological polar surface area (TPSA) is 57.5 Å². The molecule has 2 aromatic rings. The van der Waals surface area contributed by atoms with Crippen molar-refractivity contribution in [3.05, 3.63) is 45.1 Å². The van der Waals surface area contributed by atoms with Crippen LogP contribution in [0.2, 0.25) is 0 Å². The lowest BCUT2D eigenvalue weighted by Gasteiger charge is -2.11. The molecule has 0 saturated heterocycles. The molecule has 0 fully saturated rings. The van der Waals surface area contributed by atoms with Crippen molar-refractivity contribution in [1.29, 1.82) is 0 Å². The average molecular weight is 386 g/mol. The Balaban J connectivity index is 2.01. The van der Waals surface area contributed by atoms with Crippen molar-refractivity contribution in [2.45, 2.75) is 0 Å². The summed E-state index contributed by atoms with van der Waals surface area (Å²) in [6.45, 7) is 0. The van der Waals surface area contributed by atoms with E-state index in [1.54, 1.807) is 11.2 Å². The fourth-order valence-corrected chi connectivity index (χ4v) is 2.61. The van der Waals surface area contributed by atoms with E-state index in [9.17, 15) is 0 Å². The van der Waals surface area contributed by atoms with E-state index in [0.29, 0.717) is 0 Å². The van der Waals surface area contributed by atoms with Crippen molar-refractivity contribution >= 4 is 37.7 Å². The molecule has 0 bridgehead atoms. The first-order valence-electron chi connectivity index (χ1n) is 5.49. The van der Waals surface area contributed by atoms with Gasteiger partial charge in [0.25, 0.3) is 0 Å². The van der Waals surface area contributed by atoms with Gasteiger partial charge in [-0.2, -0.15) is 5.10 Å². The van der Waals surface area contributed by atoms with Crippen LogP contribution in [-0.4, -0.2) is 27.7 Å². The van der Waals surface area contributed by atoms with Gasteiger partial charge in [-0.05, 0) is 40.2 Å². The molecule has 98 valence electrons. The number of nitrogens with one attached hydrogen (secondary N) is 2. The number of amidine groups is 1. The van der Waals surface area contributed by atoms with Crippen molar-refractivity contribution in [1.82, 2.24) is 25.9 Å². The monoisotopic (exact) mass is 384 g/mol. The Morgan fingerprint density at radius 3 is 2.53 bits per heavy atom. The molecule has 8 heteroatoms. The van der Waals surface area contributed by atoms with Crippen LogP contribution in [0.25, 0.3) is 5.69 Å². The third-order valence-electron chi connectivity index (χ3n) is 2.72. The van der Waals surface area contributed by atoms with Gasteiger partial charge in [-0.3, -0.25) is 5.01 Å². The van der Waals surface area contributed by atoms with Crippen LogP contribution in [0, 0.1) is 0 Å². The van der Waals surface area contributed by atoms with Crippen molar-refractivity contribution < 1.29 is 0 Å². The zero-order valence-electron chi connectivity index (χ0n) is 9.93. The molecule has 0 radical (unpaired) electrons. The van der Waals surface area contributed by atoms with Crippen molar-refractivity contribution in [2.24, 2.45) is 5.10 Å². The number of aromatic nitrogens is 2. The van der Waals surface area contributed by atoms with E-state index in [1.165, 1.54) is 0 Å². The van der Waals surface area contributed by atoms with Gasteiger partial charge in [-0.15, -0.1) is 10.6 Å². The minimum Gasteiger partial charge on any atom is -0.274 e. The van der Waals surface area contributed by atoms with Crippen molar-refractivity contribution in [3.63, 3.8) is 0 Å². The van der Waals surface area contributed by atoms with Gasteiger partial charge in [0.15, 0.2) is 5.84 Å². The third-order valence-corrected chi connectivity index (χ3v) is 4.01. The van der Waals surface area contributed by atoms with Crippen LogP contribution >= 0.6 is 31.9 Å². The zero-order valence-corrected chi connectivity index (χ0v) is 13.1. The number of benzene rings is 1. The summed E-state index contributed by atoms with van der Waals surface area (Å²) in [6, 6.07) is 7.93. The molecular weight excluding hydrogens is 376 g/mol. The van der Waals surface area contributed by atoms with Gasteiger partial charge in [0.2, 0.25) is 0 Å². The largest absolute Gasteiger partial charge is 0.274 e. The van der Waals surface area contributed by atoms with E-state index in [2.05, 4.69) is 53.1 Å². The number of halogens is 2. The highest BCUT2D eigenvalue weighted by atomic mass is 79.9. The Hall–Kier alpha value is -1.38. The van der Waals surface area contributed by atoms with Gasteiger partial charge in [-0.25, -0.2) is 10.2 Å². The van der Waals surface area contributed by atoms with E-state index in [0.717, 1.165) is 26.2 Å². The lowest BCUT2D eigenvalue weighted by Crippen LogP contribution is -2.37. The van der Waals surface area contributed by atoms with Gasteiger partial charge in [-0.1, -0.05) is 15.9 Å². The fourth-order valence-electron chi connectivity index (χ4n) is 1.77. The highest BCUT2D eigenvalue weighted by molar-refractivity contribution is 9.10. The quantitative estimate of drug-likeness (QED) is 0.830. The van der Waals surface area contributed by atoms with Gasteiger partial charge in [0, 0.05) is 11.5 Å².